The number of carbonyl (C=O) groups excluding carboxylic acids is 1. The molecule has 82 valence electrons. The SMILES string of the molecule is CCC(CC)NC(=O)c1cnc(Cl)cn1. The van der Waals surface area contributed by atoms with Crippen molar-refractivity contribution in [2.24, 2.45) is 0 Å². The Morgan fingerprint density at radius 3 is 2.53 bits per heavy atom. The van der Waals surface area contributed by atoms with Crippen LogP contribution in [0.3, 0.4) is 0 Å². The highest BCUT2D eigenvalue weighted by atomic mass is 35.5. The molecule has 0 atom stereocenters. The number of hydrogen-bond acceptors (Lipinski definition) is 3. The van der Waals surface area contributed by atoms with Crippen molar-refractivity contribution in [1.29, 1.82) is 0 Å². The Labute approximate surface area is 94.1 Å². The second kappa shape index (κ2) is 5.66. The largest absolute Gasteiger partial charge is 0.348 e. The Kier molecular flexibility index (Phi) is 4.49. The normalized spacial score (nSPS) is 10.4. The van der Waals surface area contributed by atoms with Gasteiger partial charge in [0.2, 0.25) is 0 Å². The van der Waals surface area contributed by atoms with Crippen molar-refractivity contribution in [2.75, 3.05) is 0 Å². The molecule has 15 heavy (non-hydrogen) atoms. The lowest BCUT2D eigenvalue weighted by Crippen LogP contribution is -2.34. The van der Waals surface area contributed by atoms with Gasteiger partial charge in [-0.25, -0.2) is 9.97 Å². The molecule has 0 radical (unpaired) electrons. The fourth-order valence-electron chi connectivity index (χ4n) is 1.18. The first-order valence-electron chi connectivity index (χ1n) is 4.95. The van der Waals surface area contributed by atoms with Crippen molar-refractivity contribution >= 4 is 17.5 Å². The number of carbonyl (C=O) groups is 1. The van der Waals surface area contributed by atoms with Crippen LogP contribution in [0.15, 0.2) is 12.4 Å². The molecule has 0 saturated heterocycles. The van der Waals surface area contributed by atoms with Crippen molar-refractivity contribution in [3.8, 4) is 0 Å². The van der Waals surface area contributed by atoms with E-state index in [0.29, 0.717) is 5.69 Å². The van der Waals surface area contributed by atoms with E-state index >= 15 is 0 Å². The van der Waals surface area contributed by atoms with Gasteiger partial charge >= 0.3 is 0 Å². The van der Waals surface area contributed by atoms with Crippen LogP contribution in [-0.4, -0.2) is 21.9 Å². The highest BCUT2D eigenvalue weighted by Gasteiger charge is 2.11. The molecule has 1 heterocycles. The molecule has 0 aliphatic heterocycles. The van der Waals surface area contributed by atoms with Gasteiger partial charge in [-0.3, -0.25) is 4.79 Å². The molecule has 0 fully saturated rings. The molecule has 0 aromatic carbocycles. The van der Waals surface area contributed by atoms with Gasteiger partial charge in [0.25, 0.3) is 5.91 Å². The van der Waals surface area contributed by atoms with Crippen molar-refractivity contribution in [3.63, 3.8) is 0 Å². The molecule has 5 heteroatoms. The Balaban J connectivity index is 2.64. The second-order valence-electron chi connectivity index (χ2n) is 3.21. The molecule has 0 bridgehead atoms. The number of halogens is 1. The quantitative estimate of drug-likeness (QED) is 0.857. The predicted molar refractivity (Wildman–Crippen MR) is 58.9 cm³/mol. The van der Waals surface area contributed by atoms with Gasteiger partial charge in [0.05, 0.1) is 12.4 Å². The molecule has 1 rings (SSSR count). The Hall–Kier alpha value is -1.16. The molecule has 1 N–H and O–H groups in total. The first-order valence-corrected chi connectivity index (χ1v) is 5.33. The van der Waals surface area contributed by atoms with E-state index < -0.39 is 0 Å². The first-order chi connectivity index (χ1) is 7.17. The molecule has 1 aromatic heterocycles. The van der Waals surface area contributed by atoms with Gasteiger partial charge in [-0.05, 0) is 12.8 Å². The van der Waals surface area contributed by atoms with Gasteiger partial charge < -0.3 is 5.32 Å². The molecule has 0 saturated carbocycles. The van der Waals surface area contributed by atoms with E-state index in [1.54, 1.807) is 0 Å². The van der Waals surface area contributed by atoms with Crippen LogP contribution < -0.4 is 5.32 Å². The molecule has 0 aliphatic carbocycles. The van der Waals surface area contributed by atoms with E-state index in [1.165, 1.54) is 12.4 Å². The lowest BCUT2D eigenvalue weighted by molar-refractivity contribution is 0.0929. The second-order valence-corrected chi connectivity index (χ2v) is 3.60. The third-order valence-electron chi connectivity index (χ3n) is 2.17. The maximum Gasteiger partial charge on any atom is 0.271 e. The zero-order chi connectivity index (χ0) is 11.3. The highest BCUT2D eigenvalue weighted by Crippen LogP contribution is 2.03. The fourth-order valence-corrected chi connectivity index (χ4v) is 1.28. The number of hydrogen-bond donors (Lipinski definition) is 1. The zero-order valence-electron chi connectivity index (χ0n) is 8.83. The molecular weight excluding hydrogens is 214 g/mol. The summed E-state index contributed by atoms with van der Waals surface area (Å²) in [6.07, 6.45) is 4.55. The molecule has 0 unspecified atom stereocenters. The molecule has 1 aromatic rings. The summed E-state index contributed by atoms with van der Waals surface area (Å²) in [4.78, 5) is 19.3. The van der Waals surface area contributed by atoms with E-state index in [-0.39, 0.29) is 17.1 Å². The third kappa shape index (κ3) is 3.47. The summed E-state index contributed by atoms with van der Waals surface area (Å²) >= 11 is 5.57. The highest BCUT2D eigenvalue weighted by molar-refractivity contribution is 6.29. The Morgan fingerprint density at radius 2 is 2.07 bits per heavy atom. The summed E-state index contributed by atoms with van der Waals surface area (Å²) in [6, 6.07) is 0.190. The molecule has 1 amide bonds. The standard InChI is InChI=1S/C10H14ClN3O/c1-3-7(4-2)14-10(15)8-5-13-9(11)6-12-8/h5-7H,3-4H2,1-2H3,(H,14,15). The predicted octanol–water partition coefficient (Wildman–Crippen LogP) is 2.05. The maximum atomic E-state index is 11.6. The summed E-state index contributed by atoms with van der Waals surface area (Å²) in [5.41, 5.74) is 0.298. The smallest absolute Gasteiger partial charge is 0.271 e. The number of rotatable bonds is 4. The van der Waals surface area contributed by atoms with Crippen molar-refractivity contribution < 1.29 is 4.79 Å². The minimum Gasteiger partial charge on any atom is -0.348 e. The van der Waals surface area contributed by atoms with Crippen LogP contribution in [0.2, 0.25) is 5.15 Å². The van der Waals surface area contributed by atoms with Gasteiger partial charge in [-0.2, -0.15) is 0 Å². The van der Waals surface area contributed by atoms with Gasteiger partial charge in [0.1, 0.15) is 10.8 Å². The number of nitrogens with zero attached hydrogens (tertiary/aromatic N) is 2. The zero-order valence-corrected chi connectivity index (χ0v) is 9.58. The summed E-state index contributed by atoms with van der Waals surface area (Å²) < 4.78 is 0. The van der Waals surface area contributed by atoms with E-state index in [9.17, 15) is 4.79 Å². The average molecular weight is 228 g/mol. The molecular formula is C10H14ClN3O. The third-order valence-corrected chi connectivity index (χ3v) is 2.37. The number of aromatic nitrogens is 2. The van der Waals surface area contributed by atoms with Crippen LogP contribution >= 0.6 is 11.6 Å². The summed E-state index contributed by atoms with van der Waals surface area (Å²) in [7, 11) is 0. The monoisotopic (exact) mass is 227 g/mol. The van der Waals surface area contributed by atoms with Gasteiger partial charge in [-0.1, -0.05) is 25.4 Å². The summed E-state index contributed by atoms with van der Waals surface area (Å²) in [6.45, 7) is 4.06. The van der Waals surface area contributed by atoms with Crippen LogP contribution in [0.5, 0.6) is 0 Å². The first kappa shape index (κ1) is 11.9. The van der Waals surface area contributed by atoms with Crippen LogP contribution in [-0.2, 0) is 0 Å². The number of amides is 1. The topological polar surface area (TPSA) is 54.9 Å². The van der Waals surface area contributed by atoms with E-state index in [1.807, 2.05) is 13.8 Å². The van der Waals surface area contributed by atoms with Crippen LogP contribution in [0.25, 0.3) is 0 Å². The van der Waals surface area contributed by atoms with Crippen molar-refractivity contribution in [2.45, 2.75) is 32.7 Å². The molecule has 4 nitrogen and oxygen atoms in total. The minimum atomic E-state index is -0.201. The van der Waals surface area contributed by atoms with E-state index in [0.717, 1.165) is 12.8 Å². The molecule has 0 aliphatic rings. The summed E-state index contributed by atoms with van der Waals surface area (Å²) in [5, 5.41) is 3.15. The van der Waals surface area contributed by atoms with Crippen molar-refractivity contribution in [3.05, 3.63) is 23.2 Å². The average Bonchev–Trinajstić information content (AvgIpc) is 2.26. The Bertz CT molecular complexity index is 322. The van der Waals surface area contributed by atoms with Crippen LogP contribution in [0, 0.1) is 0 Å². The van der Waals surface area contributed by atoms with Crippen LogP contribution in [0.1, 0.15) is 37.2 Å². The van der Waals surface area contributed by atoms with Gasteiger partial charge in [0.15, 0.2) is 0 Å². The summed E-state index contributed by atoms with van der Waals surface area (Å²) in [5.74, 6) is -0.201. The van der Waals surface area contributed by atoms with Gasteiger partial charge in [0, 0.05) is 6.04 Å². The lowest BCUT2D eigenvalue weighted by atomic mass is 10.1. The van der Waals surface area contributed by atoms with Crippen molar-refractivity contribution in [1.82, 2.24) is 15.3 Å². The van der Waals surface area contributed by atoms with E-state index in [2.05, 4.69) is 15.3 Å². The minimum absolute atomic E-state index is 0.190. The molecule has 0 spiro atoms. The maximum absolute atomic E-state index is 11.6. The Morgan fingerprint density at radius 1 is 1.40 bits per heavy atom. The van der Waals surface area contributed by atoms with E-state index in [4.69, 9.17) is 11.6 Å². The number of nitrogens with one attached hydrogen (secondary N) is 1. The fraction of sp³-hybridized carbons (Fsp3) is 0.500. The van der Waals surface area contributed by atoms with Crippen LogP contribution in [0.4, 0.5) is 0 Å². The lowest BCUT2D eigenvalue weighted by Gasteiger charge is -2.13. The van der Waals surface area contributed by atoms with Gasteiger partial charge in [-0.15, -0.1) is 0 Å².